The lowest BCUT2D eigenvalue weighted by molar-refractivity contribution is 0.0526. The van der Waals surface area contributed by atoms with Gasteiger partial charge in [0.1, 0.15) is 23.9 Å². The number of nitrogens with one attached hydrogen (secondary N) is 1. The lowest BCUT2D eigenvalue weighted by Crippen LogP contribution is -2.12. The number of ether oxygens (including phenoxy) is 3. The van der Waals surface area contributed by atoms with Crippen LogP contribution in [0.5, 0.6) is 11.5 Å². The van der Waals surface area contributed by atoms with Crippen LogP contribution in [0.15, 0.2) is 42.6 Å². The Labute approximate surface area is 135 Å². The first-order valence-corrected chi connectivity index (χ1v) is 7.37. The van der Waals surface area contributed by atoms with Crippen LogP contribution >= 0.6 is 0 Å². The van der Waals surface area contributed by atoms with Crippen molar-refractivity contribution >= 4 is 11.8 Å². The molecule has 0 amide bonds. The molecule has 0 unspecified atom stereocenters. The summed E-state index contributed by atoms with van der Waals surface area (Å²) in [5, 5.41) is 3.12. The van der Waals surface area contributed by atoms with Crippen LogP contribution in [0.3, 0.4) is 0 Å². The molecule has 6 heteroatoms. The number of anilines is 1. The molecule has 0 spiro atoms. The first kappa shape index (κ1) is 16.6. The van der Waals surface area contributed by atoms with Gasteiger partial charge >= 0.3 is 5.97 Å². The van der Waals surface area contributed by atoms with Crippen LogP contribution in [-0.2, 0) is 4.74 Å². The van der Waals surface area contributed by atoms with E-state index in [4.69, 9.17) is 14.2 Å². The second-order valence-electron chi connectivity index (χ2n) is 4.60. The number of carbonyl (C=O) groups excluding carboxylic acids is 1. The molecule has 0 saturated heterocycles. The summed E-state index contributed by atoms with van der Waals surface area (Å²) in [7, 11) is 1.63. The van der Waals surface area contributed by atoms with E-state index in [0.29, 0.717) is 31.1 Å². The van der Waals surface area contributed by atoms with Crippen molar-refractivity contribution in [2.24, 2.45) is 0 Å². The first-order chi connectivity index (χ1) is 11.2. The molecule has 23 heavy (non-hydrogen) atoms. The Morgan fingerprint density at radius 2 is 1.87 bits per heavy atom. The maximum absolute atomic E-state index is 11.5. The van der Waals surface area contributed by atoms with Gasteiger partial charge < -0.3 is 19.5 Å². The number of nitrogens with zero attached hydrogens (tertiary/aromatic N) is 1. The fourth-order valence-corrected chi connectivity index (χ4v) is 1.85. The van der Waals surface area contributed by atoms with Gasteiger partial charge in [-0.2, -0.15) is 0 Å². The van der Waals surface area contributed by atoms with E-state index in [1.165, 1.54) is 6.20 Å². The third kappa shape index (κ3) is 5.18. The summed E-state index contributed by atoms with van der Waals surface area (Å²) in [5.41, 5.74) is 0.437. The van der Waals surface area contributed by atoms with Gasteiger partial charge in [-0.05, 0) is 43.3 Å². The van der Waals surface area contributed by atoms with Gasteiger partial charge in [0.15, 0.2) is 0 Å². The molecule has 0 radical (unpaired) electrons. The largest absolute Gasteiger partial charge is 0.497 e. The normalized spacial score (nSPS) is 10.0. The van der Waals surface area contributed by atoms with Crippen LogP contribution in [0.2, 0.25) is 0 Å². The number of rotatable bonds is 8. The molecule has 0 atom stereocenters. The number of hydrogen-bond acceptors (Lipinski definition) is 6. The molecule has 2 aromatic rings. The van der Waals surface area contributed by atoms with Gasteiger partial charge in [0.25, 0.3) is 0 Å². The van der Waals surface area contributed by atoms with E-state index in [2.05, 4.69) is 10.3 Å². The van der Waals surface area contributed by atoms with Crippen molar-refractivity contribution in [3.05, 3.63) is 48.2 Å². The molecule has 2 rings (SSSR count). The lowest BCUT2D eigenvalue weighted by atomic mass is 10.3. The van der Waals surface area contributed by atoms with Gasteiger partial charge in [0.2, 0.25) is 0 Å². The molecule has 1 N–H and O–H groups in total. The minimum atomic E-state index is -0.366. The SMILES string of the molecule is CCOC(=O)c1ccc(NCCOc2ccc(OC)cc2)nc1. The van der Waals surface area contributed by atoms with Crippen molar-refractivity contribution in [2.75, 3.05) is 32.2 Å². The Bertz CT molecular complexity index is 611. The molecular formula is C17H20N2O4. The number of hydrogen-bond donors (Lipinski definition) is 1. The van der Waals surface area contributed by atoms with Crippen LogP contribution in [0.25, 0.3) is 0 Å². The Hall–Kier alpha value is -2.76. The smallest absolute Gasteiger partial charge is 0.339 e. The second kappa shape index (κ2) is 8.63. The summed E-state index contributed by atoms with van der Waals surface area (Å²) in [6.07, 6.45) is 1.49. The zero-order valence-electron chi connectivity index (χ0n) is 13.2. The number of methoxy groups -OCH3 is 1. The predicted molar refractivity (Wildman–Crippen MR) is 87.2 cm³/mol. The number of esters is 1. The maximum Gasteiger partial charge on any atom is 0.339 e. The van der Waals surface area contributed by atoms with E-state index in [1.807, 2.05) is 24.3 Å². The van der Waals surface area contributed by atoms with Gasteiger partial charge in [0.05, 0.1) is 25.8 Å². The van der Waals surface area contributed by atoms with Gasteiger partial charge in [-0.3, -0.25) is 0 Å². The topological polar surface area (TPSA) is 69.7 Å². The molecule has 0 aliphatic heterocycles. The quantitative estimate of drug-likeness (QED) is 0.596. The van der Waals surface area contributed by atoms with Crippen molar-refractivity contribution < 1.29 is 19.0 Å². The van der Waals surface area contributed by atoms with Crippen LogP contribution in [-0.4, -0.2) is 37.8 Å². The molecule has 1 aromatic carbocycles. The molecule has 0 fully saturated rings. The average Bonchev–Trinajstić information content (AvgIpc) is 2.60. The van der Waals surface area contributed by atoms with Crippen molar-refractivity contribution in [3.8, 4) is 11.5 Å². The van der Waals surface area contributed by atoms with Crippen LogP contribution in [0, 0.1) is 0 Å². The molecule has 0 aliphatic rings. The molecule has 0 saturated carbocycles. The van der Waals surface area contributed by atoms with E-state index in [-0.39, 0.29) is 5.97 Å². The standard InChI is InChI=1S/C17H20N2O4/c1-3-22-17(20)13-4-9-16(19-12-13)18-10-11-23-15-7-5-14(21-2)6-8-15/h4-9,12H,3,10-11H2,1-2H3,(H,18,19). The van der Waals surface area contributed by atoms with Gasteiger partial charge in [-0.15, -0.1) is 0 Å². The zero-order chi connectivity index (χ0) is 16.5. The van der Waals surface area contributed by atoms with Gasteiger partial charge in [-0.1, -0.05) is 0 Å². The Morgan fingerprint density at radius 3 is 2.48 bits per heavy atom. The summed E-state index contributed by atoms with van der Waals surface area (Å²) >= 11 is 0. The maximum atomic E-state index is 11.5. The zero-order valence-corrected chi connectivity index (χ0v) is 13.2. The number of pyridine rings is 1. The fourth-order valence-electron chi connectivity index (χ4n) is 1.85. The molecule has 1 heterocycles. The minimum Gasteiger partial charge on any atom is -0.497 e. The van der Waals surface area contributed by atoms with Gasteiger partial charge in [0, 0.05) is 6.20 Å². The van der Waals surface area contributed by atoms with E-state index in [9.17, 15) is 4.79 Å². The van der Waals surface area contributed by atoms with Crippen molar-refractivity contribution in [2.45, 2.75) is 6.92 Å². The van der Waals surface area contributed by atoms with Crippen LogP contribution < -0.4 is 14.8 Å². The third-order valence-corrected chi connectivity index (χ3v) is 3.01. The lowest BCUT2D eigenvalue weighted by Gasteiger charge is -2.09. The van der Waals surface area contributed by atoms with E-state index in [0.717, 1.165) is 11.5 Å². The Morgan fingerprint density at radius 1 is 1.13 bits per heavy atom. The number of benzene rings is 1. The highest BCUT2D eigenvalue weighted by molar-refractivity contribution is 5.89. The minimum absolute atomic E-state index is 0.349. The van der Waals surface area contributed by atoms with Gasteiger partial charge in [-0.25, -0.2) is 9.78 Å². The third-order valence-electron chi connectivity index (χ3n) is 3.01. The molecule has 6 nitrogen and oxygen atoms in total. The second-order valence-corrected chi connectivity index (χ2v) is 4.60. The highest BCUT2D eigenvalue weighted by Crippen LogP contribution is 2.16. The molecule has 1 aromatic heterocycles. The highest BCUT2D eigenvalue weighted by Gasteiger charge is 2.06. The molecule has 122 valence electrons. The summed E-state index contributed by atoms with van der Waals surface area (Å²) in [4.78, 5) is 15.7. The summed E-state index contributed by atoms with van der Waals surface area (Å²) in [5.74, 6) is 1.88. The monoisotopic (exact) mass is 316 g/mol. The summed E-state index contributed by atoms with van der Waals surface area (Å²) < 4.78 is 15.6. The summed E-state index contributed by atoms with van der Waals surface area (Å²) in [6, 6.07) is 10.8. The molecule has 0 bridgehead atoms. The van der Waals surface area contributed by atoms with E-state index < -0.39 is 0 Å². The van der Waals surface area contributed by atoms with E-state index >= 15 is 0 Å². The predicted octanol–water partition coefficient (Wildman–Crippen LogP) is 2.76. The fraction of sp³-hybridized carbons (Fsp3) is 0.294. The molecular weight excluding hydrogens is 296 g/mol. The number of aromatic nitrogens is 1. The number of carbonyl (C=O) groups is 1. The summed E-state index contributed by atoms with van der Waals surface area (Å²) in [6.45, 7) is 3.21. The van der Waals surface area contributed by atoms with Crippen molar-refractivity contribution in [1.82, 2.24) is 4.98 Å². The molecule has 0 aliphatic carbocycles. The van der Waals surface area contributed by atoms with E-state index in [1.54, 1.807) is 26.2 Å². The Balaban J connectivity index is 1.74. The van der Waals surface area contributed by atoms with Crippen molar-refractivity contribution in [3.63, 3.8) is 0 Å². The average molecular weight is 316 g/mol. The van der Waals surface area contributed by atoms with Crippen LogP contribution in [0.4, 0.5) is 5.82 Å². The van der Waals surface area contributed by atoms with Crippen molar-refractivity contribution in [1.29, 1.82) is 0 Å². The van der Waals surface area contributed by atoms with Crippen LogP contribution in [0.1, 0.15) is 17.3 Å². The highest BCUT2D eigenvalue weighted by atomic mass is 16.5. The first-order valence-electron chi connectivity index (χ1n) is 7.37. The Kier molecular flexibility index (Phi) is 6.23.